The Bertz CT molecular complexity index is 964. The topological polar surface area (TPSA) is 52.1 Å². The average Bonchev–Trinajstić information content (AvgIpc) is 2.83. The maximum atomic E-state index is 12.4. The summed E-state index contributed by atoms with van der Waals surface area (Å²) in [4.78, 5) is 21.4. The number of esters is 1. The molecule has 0 spiro atoms. The fourth-order valence-corrected chi connectivity index (χ4v) is 3.70. The van der Waals surface area contributed by atoms with Crippen molar-refractivity contribution in [2.45, 2.75) is 71.8 Å². The van der Waals surface area contributed by atoms with Gasteiger partial charge in [0.25, 0.3) is 0 Å². The summed E-state index contributed by atoms with van der Waals surface area (Å²) in [6.07, 6.45) is 11.5. The van der Waals surface area contributed by atoms with Gasteiger partial charge in [-0.1, -0.05) is 75.9 Å². The van der Waals surface area contributed by atoms with Crippen LogP contribution in [0.25, 0.3) is 22.5 Å². The van der Waals surface area contributed by atoms with Crippen LogP contribution in [0, 0.1) is 0 Å². The Balaban J connectivity index is 1.59. The number of hydrogen-bond donors (Lipinski definition) is 0. The maximum absolute atomic E-state index is 12.4. The van der Waals surface area contributed by atoms with E-state index < -0.39 is 0 Å². The molecule has 0 radical (unpaired) electrons. The van der Waals surface area contributed by atoms with Crippen LogP contribution in [0.4, 0.5) is 0 Å². The molecule has 0 saturated heterocycles. The van der Waals surface area contributed by atoms with Crippen LogP contribution in [0.15, 0.2) is 60.9 Å². The van der Waals surface area contributed by atoms with E-state index in [1.807, 2.05) is 55.7 Å². The third-order valence-corrected chi connectivity index (χ3v) is 5.61. The minimum absolute atomic E-state index is 0.0511. The van der Waals surface area contributed by atoms with E-state index in [1.54, 1.807) is 0 Å². The van der Waals surface area contributed by atoms with Gasteiger partial charge in [-0.3, -0.25) is 0 Å². The van der Waals surface area contributed by atoms with Crippen LogP contribution in [0.1, 0.15) is 75.2 Å². The molecular formula is C28H34N2O2. The minimum atomic E-state index is -0.251. The van der Waals surface area contributed by atoms with Gasteiger partial charge in [0, 0.05) is 18.0 Å². The normalized spacial score (nSPS) is 11.8. The zero-order valence-corrected chi connectivity index (χ0v) is 19.5. The fourth-order valence-electron chi connectivity index (χ4n) is 3.70. The lowest BCUT2D eigenvalue weighted by Crippen LogP contribution is -2.15. The van der Waals surface area contributed by atoms with Gasteiger partial charge in [-0.2, -0.15) is 0 Å². The molecule has 2 aromatic carbocycles. The molecule has 0 aliphatic heterocycles. The van der Waals surface area contributed by atoms with Crippen molar-refractivity contribution in [2.24, 2.45) is 0 Å². The SMILES string of the molecule is CCCCCCC(C)OC(=O)c1ccc(-c2ccc(-c3ncc(CCC)cn3)cc2)cc1. The first-order valence-electron chi connectivity index (χ1n) is 11.8. The van der Waals surface area contributed by atoms with Crippen molar-refractivity contribution in [1.82, 2.24) is 9.97 Å². The van der Waals surface area contributed by atoms with Crippen LogP contribution in [-0.4, -0.2) is 22.0 Å². The summed E-state index contributed by atoms with van der Waals surface area (Å²) in [5, 5.41) is 0. The van der Waals surface area contributed by atoms with E-state index in [9.17, 15) is 4.79 Å². The molecule has 168 valence electrons. The van der Waals surface area contributed by atoms with Gasteiger partial charge in [-0.05, 0) is 55.0 Å². The molecule has 0 saturated carbocycles. The first kappa shape index (κ1) is 23.6. The highest BCUT2D eigenvalue weighted by Gasteiger charge is 2.12. The molecule has 3 rings (SSSR count). The molecule has 1 atom stereocenters. The second-order valence-electron chi connectivity index (χ2n) is 8.38. The fraction of sp³-hybridized carbons (Fsp3) is 0.393. The summed E-state index contributed by atoms with van der Waals surface area (Å²) >= 11 is 0. The van der Waals surface area contributed by atoms with E-state index in [-0.39, 0.29) is 12.1 Å². The number of carbonyl (C=O) groups is 1. The molecule has 4 heteroatoms. The molecule has 0 aliphatic carbocycles. The lowest BCUT2D eigenvalue weighted by atomic mass is 10.0. The van der Waals surface area contributed by atoms with Crippen LogP contribution in [0.2, 0.25) is 0 Å². The Hall–Kier alpha value is -3.01. The second-order valence-corrected chi connectivity index (χ2v) is 8.38. The molecule has 4 nitrogen and oxygen atoms in total. The molecule has 0 aliphatic rings. The number of unbranched alkanes of at least 4 members (excludes halogenated alkanes) is 3. The molecule has 1 aromatic heterocycles. The van der Waals surface area contributed by atoms with Crippen molar-refractivity contribution >= 4 is 5.97 Å². The number of aryl methyl sites for hydroxylation is 1. The number of rotatable bonds is 11. The van der Waals surface area contributed by atoms with Crippen molar-refractivity contribution in [2.75, 3.05) is 0 Å². The Labute approximate surface area is 192 Å². The summed E-state index contributed by atoms with van der Waals surface area (Å²) in [6.45, 7) is 6.32. The predicted octanol–water partition coefficient (Wildman–Crippen LogP) is 7.28. The largest absolute Gasteiger partial charge is 0.459 e. The van der Waals surface area contributed by atoms with Crippen LogP contribution in [-0.2, 0) is 11.2 Å². The van der Waals surface area contributed by atoms with Crippen molar-refractivity contribution in [1.29, 1.82) is 0 Å². The van der Waals surface area contributed by atoms with Gasteiger partial charge in [0.05, 0.1) is 11.7 Å². The molecule has 32 heavy (non-hydrogen) atoms. The van der Waals surface area contributed by atoms with Crippen molar-refractivity contribution in [3.8, 4) is 22.5 Å². The second kappa shape index (κ2) is 12.1. The lowest BCUT2D eigenvalue weighted by Gasteiger charge is -2.13. The predicted molar refractivity (Wildman–Crippen MR) is 131 cm³/mol. The van der Waals surface area contributed by atoms with Crippen molar-refractivity contribution in [3.05, 3.63) is 72.1 Å². The number of nitrogens with zero attached hydrogens (tertiary/aromatic N) is 2. The van der Waals surface area contributed by atoms with Gasteiger partial charge in [0.2, 0.25) is 0 Å². The third-order valence-electron chi connectivity index (χ3n) is 5.61. The quantitative estimate of drug-likeness (QED) is 0.237. The number of ether oxygens (including phenoxy) is 1. The zero-order chi connectivity index (χ0) is 22.8. The van der Waals surface area contributed by atoms with Gasteiger partial charge in [-0.25, -0.2) is 14.8 Å². The highest BCUT2D eigenvalue weighted by atomic mass is 16.5. The van der Waals surface area contributed by atoms with Crippen LogP contribution in [0.3, 0.4) is 0 Å². The van der Waals surface area contributed by atoms with E-state index >= 15 is 0 Å². The van der Waals surface area contributed by atoms with E-state index in [1.165, 1.54) is 19.3 Å². The van der Waals surface area contributed by atoms with E-state index in [2.05, 4.69) is 35.9 Å². The van der Waals surface area contributed by atoms with Gasteiger partial charge in [0.1, 0.15) is 0 Å². The van der Waals surface area contributed by atoms with Crippen molar-refractivity contribution < 1.29 is 9.53 Å². The van der Waals surface area contributed by atoms with Crippen LogP contribution in [0.5, 0.6) is 0 Å². The number of carbonyl (C=O) groups excluding carboxylic acids is 1. The van der Waals surface area contributed by atoms with Gasteiger partial charge in [-0.15, -0.1) is 0 Å². The number of benzene rings is 2. The van der Waals surface area contributed by atoms with Gasteiger partial charge >= 0.3 is 5.97 Å². The number of hydrogen-bond acceptors (Lipinski definition) is 4. The zero-order valence-electron chi connectivity index (χ0n) is 19.5. The Kier molecular flexibility index (Phi) is 8.97. The molecule has 3 aromatic rings. The highest BCUT2D eigenvalue weighted by molar-refractivity contribution is 5.90. The molecule has 1 unspecified atom stereocenters. The molecule has 1 heterocycles. The Morgan fingerprint density at radius 1 is 0.812 bits per heavy atom. The molecule has 0 N–H and O–H groups in total. The molecule has 0 fully saturated rings. The van der Waals surface area contributed by atoms with E-state index in [4.69, 9.17) is 4.74 Å². The summed E-state index contributed by atoms with van der Waals surface area (Å²) in [7, 11) is 0. The van der Waals surface area contributed by atoms with Gasteiger partial charge < -0.3 is 4.74 Å². The van der Waals surface area contributed by atoms with Crippen molar-refractivity contribution in [3.63, 3.8) is 0 Å². The van der Waals surface area contributed by atoms with Gasteiger partial charge in [0.15, 0.2) is 5.82 Å². The van der Waals surface area contributed by atoms with E-state index in [0.717, 1.165) is 53.8 Å². The minimum Gasteiger partial charge on any atom is -0.459 e. The lowest BCUT2D eigenvalue weighted by molar-refractivity contribution is 0.0319. The first-order chi connectivity index (χ1) is 15.6. The number of aromatic nitrogens is 2. The smallest absolute Gasteiger partial charge is 0.338 e. The highest BCUT2D eigenvalue weighted by Crippen LogP contribution is 2.24. The first-order valence-corrected chi connectivity index (χ1v) is 11.8. The summed E-state index contributed by atoms with van der Waals surface area (Å²) in [6, 6.07) is 15.8. The summed E-state index contributed by atoms with van der Waals surface area (Å²) < 4.78 is 5.60. The molecule has 0 bridgehead atoms. The Morgan fingerprint density at radius 2 is 1.41 bits per heavy atom. The Morgan fingerprint density at radius 3 is 2.00 bits per heavy atom. The standard InChI is InChI=1S/C28H34N2O2/c1-4-6-7-8-10-21(3)32-28(31)26-17-13-24(14-18-26)23-11-15-25(16-12-23)27-29-19-22(9-5-2)20-30-27/h11-21H,4-10H2,1-3H3. The van der Waals surface area contributed by atoms with E-state index in [0.29, 0.717) is 5.56 Å². The average molecular weight is 431 g/mol. The molecule has 0 amide bonds. The summed E-state index contributed by atoms with van der Waals surface area (Å²) in [5.41, 5.74) is 4.88. The molecular weight excluding hydrogens is 396 g/mol. The summed E-state index contributed by atoms with van der Waals surface area (Å²) in [5.74, 6) is 0.483. The van der Waals surface area contributed by atoms with Crippen LogP contribution < -0.4 is 0 Å². The maximum Gasteiger partial charge on any atom is 0.338 e. The third kappa shape index (κ3) is 6.74. The van der Waals surface area contributed by atoms with Crippen LogP contribution >= 0.6 is 0 Å². The monoisotopic (exact) mass is 430 g/mol.